The first kappa shape index (κ1) is 48.2. The lowest BCUT2D eigenvalue weighted by Crippen LogP contribution is -2.26. The first-order valence-corrected chi connectivity index (χ1v) is 22.5. The molecule has 4 aromatic carbocycles. The zero-order valence-electron chi connectivity index (χ0n) is 34.8. The summed E-state index contributed by atoms with van der Waals surface area (Å²) in [5, 5.41) is 29.4. The molecule has 9 nitrogen and oxygen atoms in total. The third kappa shape index (κ3) is 18.1. The molecule has 0 spiro atoms. The van der Waals surface area contributed by atoms with E-state index in [1.165, 1.54) is 11.8 Å². The molecular weight excluding hydrogens is 750 g/mol. The Morgan fingerprint density at radius 2 is 0.966 bits per heavy atom. The van der Waals surface area contributed by atoms with Crippen LogP contribution in [-0.4, -0.2) is 81.2 Å². The second-order valence-electron chi connectivity index (χ2n) is 15.4. The first-order chi connectivity index (χ1) is 27.7. The van der Waals surface area contributed by atoms with E-state index in [4.69, 9.17) is 9.47 Å². The number of rotatable bonds is 22. The lowest BCUT2D eigenvalue weighted by Gasteiger charge is -2.23. The fourth-order valence-electron chi connectivity index (χ4n) is 7.34. The van der Waals surface area contributed by atoms with Gasteiger partial charge in [-0.1, -0.05) is 123 Å². The highest BCUT2D eigenvalue weighted by Gasteiger charge is 2.28. The SMILES string of the molecule is CCOC(=O)[C@H](CCS(C)(=O)=O)C[C@H](CB(C)O)Cc1ccc(-c2ccccc2)cc1.CCOC(=O)[C@H](CO)C[C@H](CB(C)O)Cc1ccc(-c2ccccc2)cc1. The minimum absolute atomic E-state index is 0.0385. The molecule has 12 heteroatoms. The maximum atomic E-state index is 12.5. The van der Waals surface area contributed by atoms with Crippen molar-refractivity contribution in [2.45, 2.75) is 72.2 Å². The molecule has 4 aromatic rings. The van der Waals surface area contributed by atoms with Crippen molar-refractivity contribution in [3.63, 3.8) is 0 Å². The van der Waals surface area contributed by atoms with E-state index in [1.807, 2.05) is 36.4 Å². The Morgan fingerprint density at radius 1 is 0.603 bits per heavy atom. The van der Waals surface area contributed by atoms with Crippen LogP contribution in [0, 0.1) is 23.7 Å². The molecular formula is C46H62B2O9S. The molecule has 0 fully saturated rings. The summed E-state index contributed by atoms with van der Waals surface area (Å²) in [6.45, 7) is 6.36. The number of hydrogen-bond acceptors (Lipinski definition) is 9. The summed E-state index contributed by atoms with van der Waals surface area (Å²) in [4.78, 5) is 24.5. The molecule has 0 aliphatic rings. The predicted octanol–water partition coefficient (Wildman–Crippen LogP) is 7.82. The van der Waals surface area contributed by atoms with Gasteiger partial charge in [-0.25, -0.2) is 8.42 Å². The largest absolute Gasteiger partial charge is 0.466 e. The number of aliphatic hydroxyl groups excluding tert-OH is 1. The summed E-state index contributed by atoms with van der Waals surface area (Å²) in [6, 6.07) is 37.0. The van der Waals surface area contributed by atoms with Gasteiger partial charge in [0, 0.05) is 6.26 Å². The van der Waals surface area contributed by atoms with Crippen LogP contribution >= 0.6 is 0 Å². The van der Waals surface area contributed by atoms with E-state index in [-0.39, 0.29) is 49.2 Å². The number of esters is 2. The number of aliphatic hydroxyl groups is 1. The molecule has 312 valence electrons. The average molecular weight is 813 g/mol. The molecule has 0 saturated carbocycles. The van der Waals surface area contributed by atoms with Crippen molar-refractivity contribution in [3.8, 4) is 22.3 Å². The molecule has 0 bridgehead atoms. The van der Waals surface area contributed by atoms with Crippen molar-refractivity contribution in [2.24, 2.45) is 23.7 Å². The van der Waals surface area contributed by atoms with Gasteiger partial charge in [0.05, 0.1) is 37.4 Å². The van der Waals surface area contributed by atoms with E-state index >= 15 is 0 Å². The van der Waals surface area contributed by atoms with Crippen LogP contribution in [0.5, 0.6) is 0 Å². The summed E-state index contributed by atoms with van der Waals surface area (Å²) in [5.74, 6) is -1.69. The monoisotopic (exact) mass is 812 g/mol. The van der Waals surface area contributed by atoms with Crippen LogP contribution in [0.25, 0.3) is 22.3 Å². The maximum Gasteiger partial charge on any atom is 0.311 e. The second-order valence-corrected chi connectivity index (χ2v) is 17.7. The standard InChI is InChI=1S/C24H33BO5S.C22H29BO4/c1-4-30-24(26)23(14-15-31(3,28)29)17-20(18-25(2)27)16-19-10-12-22(13-11-19)21-8-6-5-7-9-21;1-3-27-22(25)21(16-24)14-18(15-23(2)26)13-17-9-11-20(12-10-17)19-7-5-4-6-8-19/h5-13,20,23,27H,4,14-18H2,1-3H3;4-12,18,21,24,26H,3,13-16H2,1-2H3/t20-,23-;18-,21+/m11/s1. The van der Waals surface area contributed by atoms with Crippen LogP contribution < -0.4 is 0 Å². The quantitative estimate of drug-likeness (QED) is 0.0534. The van der Waals surface area contributed by atoms with E-state index in [2.05, 4.69) is 72.8 Å². The topological polar surface area (TPSA) is 147 Å². The van der Waals surface area contributed by atoms with Gasteiger partial charge < -0.3 is 24.6 Å². The summed E-state index contributed by atoms with van der Waals surface area (Å²) >= 11 is 0. The number of hydrogen-bond donors (Lipinski definition) is 3. The molecule has 0 aliphatic heterocycles. The van der Waals surface area contributed by atoms with E-state index in [0.717, 1.165) is 34.2 Å². The molecule has 58 heavy (non-hydrogen) atoms. The Kier molecular flexibility index (Phi) is 21.0. The van der Waals surface area contributed by atoms with Crippen molar-refractivity contribution < 1.29 is 42.6 Å². The van der Waals surface area contributed by atoms with Crippen molar-refractivity contribution in [2.75, 3.05) is 31.8 Å². The summed E-state index contributed by atoms with van der Waals surface area (Å²) in [7, 11) is -3.17. The molecule has 4 rings (SSSR count). The fraction of sp³-hybridized carbons (Fsp3) is 0.435. The first-order valence-electron chi connectivity index (χ1n) is 20.5. The highest BCUT2D eigenvalue weighted by Crippen LogP contribution is 2.28. The zero-order chi connectivity index (χ0) is 42.5. The molecule has 4 atom stereocenters. The van der Waals surface area contributed by atoms with Gasteiger partial charge in [-0.15, -0.1) is 0 Å². The van der Waals surface area contributed by atoms with Gasteiger partial charge >= 0.3 is 11.9 Å². The minimum Gasteiger partial charge on any atom is -0.466 e. The molecule has 0 radical (unpaired) electrons. The second kappa shape index (κ2) is 25.3. The third-order valence-corrected chi connectivity index (χ3v) is 11.0. The van der Waals surface area contributed by atoms with Crippen LogP contribution in [0.2, 0.25) is 26.3 Å². The van der Waals surface area contributed by atoms with E-state index in [1.54, 1.807) is 27.5 Å². The summed E-state index contributed by atoms with van der Waals surface area (Å²) in [6.07, 6.45) is 4.97. The lowest BCUT2D eigenvalue weighted by atomic mass is 9.61. The Hall–Kier alpha value is -4.22. The van der Waals surface area contributed by atoms with Crippen LogP contribution in [0.15, 0.2) is 109 Å². The molecule has 0 saturated heterocycles. The molecule has 3 N–H and O–H groups in total. The van der Waals surface area contributed by atoms with Crippen molar-refractivity contribution in [1.29, 1.82) is 0 Å². The Balaban J connectivity index is 0.000000313. The molecule has 0 aliphatic carbocycles. The number of benzene rings is 4. The molecule has 0 aromatic heterocycles. The van der Waals surface area contributed by atoms with E-state index < -0.39 is 35.5 Å². The summed E-state index contributed by atoms with van der Waals surface area (Å²) in [5.41, 5.74) is 6.89. The molecule has 0 amide bonds. The van der Waals surface area contributed by atoms with Gasteiger partial charge in [-0.3, -0.25) is 9.59 Å². The maximum absolute atomic E-state index is 12.5. The van der Waals surface area contributed by atoms with Crippen molar-refractivity contribution in [1.82, 2.24) is 0 Å². The molecule has 0 heterocycles. The number of carbonyl (C=O) groups excluding carboxylic acids is 2. The third-order valence-electron chi connectivity index (χ3n) is 10.1. The molecule has 0 unspecified atom stereocenters. The van der Waals surface area contributed by atoms with Gasteiger partial charge in [0.15, 0.2) is 0 Å². The average Bonchev–Trinajstić information content (AvgIpc) is 3.19. The minimum atomic E-state index is -3.17. The fourth-order valence-corrected chi connectivity index (χ4v) is 8.06. The van der Waals surface area contributed by atoms with Gasteiger partial charge in [-0.05, 0) is 104 Å². The Bertz CT molecular complexity index is 1870. The highest BCUT2D eigenvalue weighted by atomic mass is 32.2. The zero-order valence-corrected chi connectivity index (χ0v) is 35.7. The normalized spacial score (nSPS) is 13.2. The van der Waals surface area contributed by atoms with Gasteiger partial charge in [-0.2, -0.15) is 0 Å². The number of sulfone groups is 1. The van der Waals surface area contributed by atoms with Crippen LogP contribution in [0.4, 0.5) is 0 Å². The van der Waals surface area contributed by atoms with Gasteiger partial charge in [0.1, 0.15) is 9.84 Å². The number of carbonyl (C=O) groups is 2. The number of ether oxygens (including phenoxy) is 2. The van der Waals surface area contributed by atoms with E-state index in [0.29, 0.717) is 38.5 Å². The Morgan fingerprint density at radius 3 is 1.31 bits per heavy atom. The predicted molar refractivity (Wildman–Crippen MR) is 236 cm³/mol. The van der Waals surface area contributed by atoms with Crippen LogP contribution in [-0.2, 0) is 41.7 Å². The van der Waals surface area contributed by atoms with Gasteiger partial charge in [0.2, 0.25) is 0 Å². The smallest absolute Gasteiger partial charge is 0.311 e. The Labute approximate surface area is 347 Å². The highest BCUT2D eigenvalue weighted by molar-refractivity contribution is 7.90. The van der Waals surface area contributed by atoms with E-state index in [9.17, 15) is 33.2 Å². The lowest BCUT2D eigenvalue weighted by molar-refractivity contribution is -0.150. The van der Waals surface area contributed by atoms with Crippen molar-refractivity contribution >= 4 is 35.6 Å². The summed E-state index contributed by atoms with van der Waals surface area (Å²) < 4.78 is 33.5. The van der Waals surface area contributed by atoms with Gasteiger partial charge in [0.25, 0.3) is 13.8 Å². The van der Waals surface area contributed by atoms with Crippen molar-refractivity contribution in [3.05, 3.63) is 120 Å². The van der Waals surface area contributed by atoms with Crippen LogP contribution in [0.3, 0.4) is 0 Å². The van der Waals surface area contributed by atoms with Crippen LogP contribution in [0.1, 0.15) is 44.2 Å².